The van der Waals surface area contributed by atoms with Gasteiger partial charge in [0.25, 0.3) is 0 Å². The molecule has 1 aromatic rings. The van der Waals surface area contributed by atoms with Crippen molar-refractivity contribution in [2.24, 2.45) is 5.73 Å². The summed E-state index contributed by atoms with van der Waals surface area (Å²) in [7, 11) is 3.31. The van der Waals surface area contributed by atoms with Crippen molar-refractivity contribution in [2.45, 2.75) is 32.5 Å². The summed E-state index contributed by atoms with van der Waals surface area (Å²) in [4.78, 5) is 0.330. The molecule has 5 heteroatoms. The fourth-order valence-corrected chi connectivity index (χ4v) is 1.81. The zero-order valence-electron chi connectivity index (χ0n) is 12.6. The minimum Gasteiger partial charge on any atom is -0.496 e. The first-order chi connectivity index (χ1) is 9.39. The van der Waals surface area contributed by atoms with Gasteiger partial charge >= 0.3 is 0 Å². The minimum atomic E-state index is -0.159. The molecule has 0 atom stereocenters. The third-order valence-corrected chi connectivity index (χ3v) is 3.42. The van der Waals surface area contributed by atoms with Crippen molar-refractivity contribution in [3.8, 4) is 5.75 Å². The van der Waals surface area contributed by atoms with Crippen LogP contribution >= 0.6 is 12.2 Å². The van der Waals surface area contributed by atoms with Gasteiger partial charge in [-0.2, -0.15) is 0 Å². The van der Waals surface area contributed by atoms with E-state index in [-0.39, 0.29) is 5.60 Å². The Labute approximate surface area is 126 Å². The Balaban J connectivity index is 2.55. The molecule has 4 nitrogen and oxygen atoms in total. The van der Waals surface area contributed by atoms with Crippen LogP contribution in [0.3, 0.4) is 0 Å². The Hall–Kier alpha value is -1.17. The highest BCUT2D eigenvalue weighted by Crippen LogP contribution is 2.21. The summed E-state index contributed by atoms with van der Waals surface area (Å²) in [5.74, 6) is 0.677. The summed E-state index contributed by atoms with van der Waals surface area (Å²) >= 11 is 4.97. The molecular weight excluding hydrogens is 274 g/mol. The van der Waals surface area contributed by atoms with Gasteiger partial charge in [0, 0.05) is 13.7 Å². The van der Waals surface area contributed by atoms with E-state index in [9.17, 15) is 0 Å². The number of rotatable bonds is 8. The first-order valence-corrected chi connectivity index (χ1v) is 6.90. The van der Waals surface area contributed by atoms with E-state index in [1.807, 2.05) is 32.0 Å². The molecule has 0 aliphatic carbocycles. The molecule has 1 rings (SSSR count). The zero-order valence-corrected chi connectivity index (χ0v) is 13.4. The Bertz CT molecular complexity index is 460. The Morgan fingerprint density at radius 1 is 1.30 bits per heavy atom. The number of hydrogen-bond donors (Lipinski definition) is 1. The van der Waals surface area contributed by atoms with Crippen LogP contribution in [0, 0.1) is 0 Å². The van der Waals surface area contributed by atoms with Gasteiger partial charge in [-0.3, -0.25) is 0 Å². The summed E-state index contributed by atoms with van der Waals surface area (Å²) in [5, 5.41) is 0. The summed E-state index contributed by atoms with van der Waals surface area (Å²) in [6.07, 6.45) is 0.839. The summed E-state index contributed by atoms with van der Waals surface area (Å²) in [5.41, 5.74) is 7.24. The van der Waals surface area contributed by atoms with Crippen molar-refractivity contribution < 1.29 is 14.2 Å². The molecule has 0 aromatic heterocycles. The first kappa shape index (κ1) is 16.9. The maximum absolute atomic E-state index is 5.66. The molecule has 0 aliphatic rings. The van der Waals surface area contributed by atoms with Crippen molar-refractivity contribution in [3.05, 3.63) is 29.3 Å². The predicted octanol–water partition coefficient (Wildman–Crippen LogP) is 2.66. The van der Waals surface area contributed by atoms with Crippen molar-refractivity contribution >= 4 is 17.2 Å². The highest BCUT2D eigenvalue weighted by atomic mass is 32.1. The van der Waals surface area contributed by atoms with E-state index in [0.717, 1.165) is 17.5 Å². The Morgan fingerprint density at radius 3 is 2.55 bits per heavy atom. The molecule has 0 fully saturated rings. The van der Waals surface area contributed by atoms with Crippen molar-refractivity contribution in [2.75, 3.05) is 20.8 Å². The van der Waals surface area contributed by atoms with Crippen LogP contribution in [0.1, 0.15) is 31.4 Å². The average molecular weight is 297 g/mol. The van der Waals surface area contributed by atoms with Gasteiger partial charge in [-0.25, -0.2) is 0 Å². The molecular formula is C15H23NO3S. The topological polar surface area (TPSA) is 53.7 Å². The first-order valence-electron chi connectivity index (χ1n) is 6.49. The number of thiocarbonyl (C=S) groups is 1. The van der Waals surface area contributed by atoms with Crippen LogP contribution in [0.4, 0.5) is 0 Å². The van der Waals surface area contributed by atoms with Crippen LogP contribution in [0.25, 0.3) is 0 Å². The number of benzene rings is 1. The molecule has 112 valence electrons. The minimum absolute atomic E-state index is 0.159. The molecule has 0 radical (unpaired) electrons. The van der Waals surface area contributed by atoms with Gasteiger partial charge < -0.3 is 19.9 Å². The van der Waals surface area contributed by atoms with Crippen LogP contribution in [0.15, 0.2) is 18.2 Å². The number of ether oxygens (including phenoxy) is 3. The van der Waals surface area contributed by atoms with Crippen LogP contribution in [0.5, 0.6) is 5.75 Å². The van der Waals surface area contributed by atoms with E-state index < -0.39 is 0 Å². The highest BCUT2D eigenvalue weighted by molar-refractivity contribution is 7.80. The van der Waals surface area contributed by atoms with Crippen molar-refractivity contribution in [3.63, 3.8) is 0 Å². The van der Waals surface area contributed by atoms with Gasteiger partial charge in [0.1, 0.15) is 10.7 Å². The van der Waals surface area contributed by atoms with Crippen LogP contribution in [-0.4, -0.2) is 31.4 Å². The highest BCUT2D eigenvalue weighted by Gasteiger charge is 2.15. The van der Waals surface area contributed by atoms with Gasteiger partial charge in [0.15, 0.2) is 0 Å². The Morgan fingerprint density at radius 2 is 2.00 bits per heavy atom. The smallest absolute Gasteiger partial charge is 0.129 e. The molecule has 0 saturated heterocycles. The van der Waals surface area contributed by atoms with Crippen LogP contribution < -0.4 is 10.5 Å². The predicted molar refractivity (Wildman–Crippen MR) is 84.2 cm³/mol. The van der Waals surface area contributed by atoms with Gasteiger partial charge in [-0.1, -0.05) is 18.3 Å². The second kappa shape index (κ2) is 7.57. The normalized spacial score (nSPS) is 11.4. The van der Waals surface area contributed by atoms with E-state index >= 15 is 0 Å². The van der Waals surface area contributed by atoms with Gasteiger partial charge in [0.05, 0.1) is 24.9 Å². The third-order valence-electron chi connectivity index (χ3n) is 3.20. The van der Waals surface area contributed by atoms with Crippen molar-refractivity contribution in [1.82, 2.24) is 0 Å². The molecule has 0 bridgehead atoms. The maximum Gasteiger partial charge on any atom is 0.129 e. The lowest BCUT2D eigenvalue weighted by Crippen LogP contribution is -2.24. The molecule has 0 saturated carbocycles. The second-order valence-corrected chi connectivity index (χ2v) is 5.61. The van der Waals surface area contributed by atoms with Crippen LogP contribution in [0.2, 0.25) is 0 Å². The van der Waals surface area contributed by atoms with E-state index in [0.29, 0.717) is 24.0 Å². The summed E-state index contributed by atoms with van der Waals surface area (Å²) < 4.78 is 16.3. The fraction of sp³-hybridized carbons (Fsp3) is 0.533. The quantitative estimate of drug-likeness (QED) is 0.590. The molecule has 0 heterocycles. The second-order valence-electron chi connectivity index (χ2n) is 5.17. The van der Waals surface area contributed by atoms with E-state index in [4.69, 9.17) is 32.2 Å². The molecule has 2 N–H and O–H groups in total. The van der Waals surface area contributed by atoms with Gasteiger partial charge in [-0.05, 0) is 38.0 Å². The monoisotopic (exact) mass is 297 g/mol. The lowest BCUT2D eigenvalue weighted by atomic mass is 10.1. The zero-order chi connectivity index (χ0) is 15.2. The third kappa shape index (κ3) is 5.07. The van der Waals surface area contributed by atoms with Crippen molar-refractivity contribution in [1.29, 1.82) is 0 Å². The number of methoxy groups -OCH3 is 2. The fourth-order valence-electron chi connectivity index (χ4n) is 1.64. The molecule has 0 amide bonds. The number of nitrogens with two attached hydrogens (primary N) is 1. The average Bonchev–Trinajstić information content (AvgIpc) is 2.43. The largest absolute Gasteiger partial charge is 0.496 e. The maximum atomic E-state index is 5.66. The molecule has 0 unspecified atom stereocenters. The molecule has 0 aliphatic heterocycles. The standard InChI is InChI=1S/C15H23NO3S/c1-15(2,18-4)7-8-19-10-11-5-6-12(14(16)20)13(9-11)17-3/h5-6,9H,7-8,10H2,1-4H3,(H2,16,20). The molecule has 1 aromatic carbocycles. The summed E-state index contributed by atoms with van der Waals surface area (Å²) in [6, 6.07) is 5.70. The van der Waals surface area contributed by atoms with E-state index in [1.54, 1.807) is 14.2 Å². The number of hydrogen-bond acceptors (Lipinski definition) is 4. The SMILES string of the molecule is COc1cc(COCCC(C)(C)OC)ccc1C(N)=S. The molecule has 20 heavy (non-hydrogen) atoms. The lowest BCUT2D eigenvalue weighted by Gasteiger charge is -2.22. The van der Waals surface area contributed by atoms with Crippen LogP contribution in [-0.2, 0) is 16.1 Å². The van der Waals surface area contributed by atoms with Gasteiger partial charge in [-0.15, -0.1) is 0 Å². The Kier molecular flexibility index (Phi) is 6.39. The molecule has 0 spiro atoms. The lowest BCUT2D eigenvalue weighted by molar-refractivity contribution is -0.0124. The van der Waals surface area contributed by atoms with E-state index in [2.05, 4.69) is 0 Å². The summed E-state index contributed by atoms with van der Waals surface area (Å²) in [6.45, 7) is 5.24. The van der Waals surface area contributed by atoms with Gasteiger partial charge in [0.2, 0.25) is 0 Å². The van der Waals surface area contributed by atoms with E-state index in [1.165, 1.54) is 0 Å².